The highest BCUT2D eigenvalue weighted by molar-refractivity contribution is 7.89. The zero-order valence-electron chi connectivity index (χ0n) is 8.61. The zero-order chi connectivity index (χ0) is 11.3. The summed E-state index contributed by atoms with van der Waals surface area (Å²) in [5.41, 5.74) is 0. The van der Waals surface area contributed by atoms with Crippen molar-refractivity contribution in [2.75, 3.05) is 12.3 Å². The van der Waals surface area contributed by atoms with Crippen LogP contribution >= 0.6 is 0 Å². The first kappa shape index (κ1) is 12.4. The molecular weight excluding hydrogens is 218 g/mol. The van der Waals surface area contributed by atoms with Crippen LogP contribution < -0.4 is 4.72 Å². The third-order valence-electron chi connectivity index (χ3n) is 2.38. The molecule has 1 saturated carbocycles. The van der Waals surface area contributed by atoms with E-state index in [1.807, 2.05) is 0 Å². The van der Waals surface area contributed by atoms with Crippen LogP contribution in [0.15, 0.2) is 0 Å². The second-order valence-corrected chi connectivity index (χ2v) is 5.87. The van der Waals surface area contributed by atoms with Gasteiger partial charge in [0.05, 0.1) is 5.75 Å². The molecule has 0 spiro atoms. The predicted octanol–water partition coefficient (Wildman–Crippen LogP) is 0.571. The molecule has 0 bridgehead atoms. The summed E-state index contributed by atoms with van der Waals surface area (Å²) in [6.45, 7) is 0.486. The van der Waals surface area contributed by atoms with Crippen molar-refractivity contribution >= 4 is 16.0 Å². The van der Waals surface area contributed by atoms with Crippen LogP contribution in [0.2, 0.25) is 0 Å². The normalized spacial score (nSPS) is 16.5. The fourth-order valence-corrected chi connectivity index (χ4v) is 2.41. The molecule has 1 aliphatic rings. The van der Waals surface area contributed by atoms with E-state index in [9.17, 15) is 13.2 Å². The fraction of sp³-hybridized carbons (Fsp3) is 0.889. The van der Waals surface area contributed by atoms with Crippen molar-refractivity contribution in [3.8, 4) is 0 Å². The molecule has 6 heteroatoms. The lowest BCUT2D eigenvalue weighted by molar-refractivity contribution is -0.137. The second-order valence-electron chi connectivity index (χ2n) is 3.94. The summed E-state index contributed by atoms with van der Waals surface area (Å²) in [6.07, 6.45) is 3.40. The molecule has 0 amide bonds. The molecule has 0 heterocycles. The Kier molecular flexibility index (Phi) is 4.53. The minimum atomic E-state index is -3.26. The Balaban J connectivity index is 2.10. The zero-order valence-corrected chi connectivity index (χ0v) is 9.42. The number of carboxylic acid groups (broad SMARTS) is 1. The van der Waals surface area contributed by atoms with Gasteiger partial charge in [-0.25, -0.2) is 13.1 Å². The van der Waals surface area contributed by atoms with E-state index in [2.05, 4.69) is 4.72 Å². The molecule has 1 rings (SSSR count). The third-order valence-corrected chi connectivity index (χ3v) is 3.85. The molecule has 0 aromatic carbocycles. The summed E-state index contributed by atoms with van der Waals surface area (Å²) >= 11 is 0. The summed E-state index contributed by atoms with van der Waals surface area (Å²) in [7, 11) is -3.26. The first-order valence-electron chi connectivity index (χ1n) is 5.19. The van der Waals surface area contributed by atoms with Crippen LogP contribution in [-0.4, -0.2) is 31.8 Å². The van der Waals surface area contributed by atoms with Crippen molar-refractivity contribution < 1.29 is 18.3 Å². The smallest absolute Gasteiger partial charge is 0.303 e. The molecule has 0 atom stereocenters. The van der Waals surface area contributed by atoms with E-state index in [-0.39, 0.29) is 18.6 Å². The average Bonchev–Trinajstić information content (AvgIpc) is 2.86. The van der Waals surface area contributed by atoms with Gasteiger partial charge in [-0.15, -0.1) is 0 Å². The summed E-state index contributed by atoms with van der Waals surface area (Å²) < 4.78 is 25.1. The van der Waals surface area contributed by atoms with Crippen LogP contribution in [0.1, 0.15) is 32.1 Å². The van der Waals surface area contributed by atoms with Gasteiger partial charge in [-0.05, 0) is 18.8 Å². The molecule has 88 valence electrons. The number of nitrogens with one attached hydrogen (secondary N) is 1. The van der Waals surface area contributed by atoms with Gasteiger partial charge in [0.25, 0.3) is 0 Å². The molecule has 0 aliphatic heterocycles. The molecular formula is C9H17NO4S. The van der Waals surface area contributed by atoms with E-state index in [1.165, 1.54) is 12.8 Å². The Morgan fingerprint density at radius 3 is 2.60 bits per heavy atom. The summed E-state index contributed by atoms with van der Waals surface area (Å²) in [4.78, 5) is 10.2. The van der Waals surface area contributed by atoms with Crippen molar-refractivity contribution in [3.05, 3.63) is 0 Å². The molecule has 5 nitrogen and oxygen atoms in total. The Bertz CT molecular complexity index is 308. The van der Waals surface area contributed by atoms with E-state index >= 15 is 0 Å². The number of rotatable bonds is 8. The second kappa shape index (κ2) is 5.46. The van der Waals surface area contributed by atoms with Crippen LogP contribution in [0.25, 0.3) is 0 Å². The van der Waals surface area contributed by atoms with Gasteiger partial charge in [0, 0.05) is 13.0 Å². The number of hydrogen-bond acceptors (Lipinski definition) is 3. The number of aliphatic carboxylic acids is 1. The maximum Gasteiger partial charge on any atom is 0.303 e. The van der Waals surface area contributed by atoms with Gasteiger partial charge < -0.3 is 5.11 Å². The monoisotopic (exact) mass is 235 g/mol. The maximum absolute atomic E-state index is 11.3. The van der Waals surface area contributed by atoms with Crippen LogP contribution in [0, 0.1) is 5.92 Å². The summed E-state index contributed by atoms with van der Waals surface area (Å²) in [6, 6.07) is 0. The first-order chi connectivity index (χ1) is 6.99. The van der Waals surface area contributed by atoms with E-state index in [0.717, 1.165) is 6.42 Å². The highest BCUT2D eigenvalue weighted by atomic mass is 32.2. The van der Waals surface area contributed by atoms with Crippen LogP contribution in [0.3, 0.4) is 0 Å². The molecule has 0 aromatic heterocycles. The van der Waals surface area contributed by atoms with Crippen molar-refractivity contribution in [1.29, 1.82) is 0 Å². The van der Waals surface area contributed by atoms with Crippen molar-refractivity contribution in [3.63, 3.8) is 0 Å². The van der Waals surface area contributed by atoms with E-state index in [0.29, 0.717) is 12.5 Å². The van der Waals surface area contributed by atoms with Crippen LogP contribution in [0.5, 0.6) is 0 Å². The SMILES string of the molecule is O=C(O)CCCS(=O)(=O)NCCC1CC1. The highest BCUT2D eigenvalue weighted by Crippen LogP contribution is 2.31. The first-order valence-corrected chi connectivity index (χ1v) is 6.84. The Labute approximate surface area is 89.9 Å². The lowest BCUT2D eigenvalue weighted by Gasteiger charge is -2.04. The number of carboxylic acids is 1. The molecule has 1 fully saturated rings. The van der Waals surface area contributed by atoms with Crippen molar-refractivity contribution in [1.82, 2.24) is 4.72 Å². The topological polar surface area (TPSA) is 83.5 Å². The van der Waals surface area contributed by atoms with Gasteiger partial charge in [0.2, 0.25) is 10.0 Å². The Morgan fingerprint density at radius 1 is 1.40 bits per heavy atom. The van der Waals surface area contributed by atoms with Gasteiger partial charge in [-0.1, -0.05) is 12.8 Å². The van der Waals surface area contributed by atoms with Crippen LogP contribution in [-0.2, 0) is 14.8 Å². The molecule has 0 unspecified atom stereocenters. The molecule has 15 heavy (non-hydrogen) atoms. The van der Waals surface area contributed by atoms with Gasteiger partial charge in [0.15, 0.2) is 0 Å². The molecule has 0 saturated heterocycles. The van der Waals surface area contributed by atoms with Gasteiger partial charge >= 0.3 is 5.97 Å². The lowest BCUT2D eigenvalue weighted by atomic mass is 10.3. The standard InChI is InChI=1S/C9H17NO4S/c11-9(12)2-1-7-15(13,14)10-6-5-8-3-4-8/h8,10H,1-7H2,(H,11,12). The Morgan fingerprint density at radius 2 is 2.07 bits per heavy atom. The highest BCUT2D eigenvalue weighted by Gasteiger charge is 2.21. The van der Waals surface area contributed by atoms with Crippen molar-refractivity contribution in [2.24, 2.45) is 5.92 Å². The number of carbonyl (C=O) groups is 1. The van der Waals surface area contributed by atoms with E-state index < -0.39 is 16.0 Å². The predicted molar refractivity (Wildman–Crippen MR) is 56.0 cm³/mol. The minimum Gasteiger partial charge on any atom is -0.481 e. The fourth-order valence-electron chi connectivity index (χ4n) is 1.31. The molecule has 0 radical (unpaired) electrons. The van der Waals surface area contributed by atoms with Crippen LogP contribution in [0.4, 0.5) is 0 Å². The van der Waals surface area contributed by atoms with Gasteiger partial charge in [-0.2, -0.15) is 0 Å². The minimum absolute atomic E-state index is 0.0933. The maximum atomic E-state index is 11.3. The van der Waals surface area contributed by atoms with Gasteiger partial charge in [-0.3, -0.25) is 4.79 Å². The van der Waals surface area contributed by atoms with E-state index in [1.54, 1.807) is 0 Å². The number of hydrogen-bond donors (Lipinski definition) is 2. The Hall–Kier alpha value is -0.620. The quantitative estimate of drug-likeness (QED) is 0.644. The lowest BCUT2D eigenvalue weighted by Crippen LogP contribution is -2.27. The van der Waals surface area contributed by atoms with E-state index in [4.69, 9.17) is 5.11 Å². The summed E-state index contributed by atoms with van der Waals surface area (Å²) in [5, 5.41) is 8.35. The average molecular weight is 235 g/mol. The van der Waals surface area contributed by atoms with Gasteiger partial charge in [0.1, 0.15) is 0 Å². The largest absolute Gasteiger partial charge is 0.481 e. The molecule has 2 N–H and O–H groups in total. The number of sulfonamides is 1. The van der Waals surface area contributed by atoms with Crippen molar-refractivity contribution in [2.45, 2.75) is 32.1 Å². The summed E-state index contributed by atoms with van der Waals surface area (Å²) in [5.74, 6) is -0.348. The molecule has 0 aromatic rings. The third kappa shape index (κ3) is 6.46. The molecule has 1 aliphatic carbocycles.